The van der Waals surface area contributed by atoms with Gasteiger partial charge < -0.3 is 15.0 Å². The molecule has 1 fully saturated rings. The first-order valence-electron chi connectivity index (χ1n) is 8.54. The summed E-state index contributed by atoms with van der Waals surface area (Å²) < 4.78 is 5.26. The normalized spacial score (nSPS) is 13.9. The third-order valence-corrected chi connectivity index (χ3v) is 4.27. The van der Waals surface area contributed by atoms with Crippen molar-refractivity contribution in [1.82, 2.24) is 4.90 Å². The van der Waals surface area contributed by atoms with Crippen molar-refractivity contribution in [3.63, 3.8) is 0 Å². The van der Waals surface area contributed by atoms with Gasteiger partial charge in [-0.15, -0.1) is 0 Å². The zero-order valence-corrected chi connectivity index (χ0v) is 14.6. The third kappa shape index (κ3) is 4.48. The van der Waals surface area contributed by atoms with Crippen molar-refractivity contribution in [1.29, 1.82) is 0 Å². The summed E-state index contributed by atoms with van der Waals surface area (Å²) in [4.78, 5) is 37.4. The summed E-state index contributed by atoms with van der Waals surface area (Å²) in [6.45, 7) is 1.96. The third-order valence-electron chi connectivity index (χ3n) is 4.27. The average molecular weight is 369 g/mol. The lowest BCUT2D eigenvalue weighted by Crippen LogP contribution is -2.41. The van der Waals surface area contributed by atoms with E-state index >= 15 is 0 Å². The summed E-state index contributed by atoms with van der Waals surface area (Å²) in [5, 5.41) is 13.8. The number of hydrogen-bond donors (Lipinski definition) is 1. The molecule has 8 nitrogen and oxygen atoms in total. The van der Waals surface area contributed by atoms with E-state index in [2.05, 4.69) is 5.32 Å². The molecule has 2 amide bonds. The summed E-state index contributed by atoms with van der Waals surface area (Å²) >= 11 is 0. The van der Waals surface area contributed by atoms with E-state index in [9.17, 15) is 19.7 Å². The highest BCUT2D eigenvalue weighted by atomic mass is 16.6. The van der Waals surface area contributed by atoms with Crippen LogP contribution in [-0.4, -0.2) is 47.9 Å². The van der Waals surface area contributed by atoms with Crippen molar-refractivity contribution >= 4 is 23.2 Å². The zero-order valence-electron chi connectivity index (χ0n) is 14.6. The summed E-state index contributed by atoms with van der Waals surface area (Å²) in [6, 6.07) is 12.8. The number of rotatable bonds is 5. The summed E-state index contributed by atoms with van der Waals surface area (Å²) in [6.07, 6.45) is -0.156. The molecule has 0 atom stereocenters. The van der Waals surface area contributed by atoms with Crippen LogP contribution in [0.25, 0.3) is 0 Å². The number of carbonyl (C=O) groups excluding carboxylic acids is 2. The Morgan fingerprint density at radius 1 is 1.07 bits per heavy atom. The highest BCUT2D eigenvalue weighted by Gasteiger charge is 2.22. The van der Waals surface area contributed by atoms with Crippen LogP contribution in [0.5, 0.6) is 0 Å². The van der Waals surface area contributed by atoms with Crippen molar-refractivity contribution in [3.8, 4) is 0 Å². The van der Waals surface area contributed by atoms with E-state index < -0.39 is 10.8 Å². The number of ether oxygens (including phenoxy) is 1. The van der Waals surface area contributed by atoms with Crippen LogP contribution in [0.3, 0.4) is 0 Å². The maximum Gasteiger partial charge on any atom is 0.273 e. The summed E-state index contributed by atoms with van der Waals surface area (Å²) in [7, 11) is 0. The van der Waals surface area contributed by atoms with Crippen LogP contribution in [0.4, 0.5) is 11.4 Å². The summed E-state index contributed by atoms with van der Waals surface area (Å²) in [5.74, 6) is -0.605. The maximum atomic E-state index is 12.7. The Morgan fingerprint density at radius 2 is 1.74 bits per heavy atom. The molecule has 2 aromatic rings. The molecule has 0 aromatic heterocycles. The maximum absolute atomic E-state index is 12.7. The number of para-hydroxylation sites is 2. The van der Waals surface area contributed by atoms with Gasteiger partial charge in [0.15, 0.2) is 0 Å². The topological polar surface area (TPSA) is 102 Å². The number of nitrogens with one attached hydrogen (secondary N) is 1. The van der Waals surface area contributed by atoms with Crippen molar-refractivity contribution < 1.29 is 19.2 Å². The number of nitro groups is 1. The highest BCUT2D eigenvalue weighted by molar-refractivity contribution is 6.04. The number of hydrogen-bond acceptors (Lipinski definition) is 5. The number of benzene rings is 2. The smallest absolute Gasteiger partial charge is 0.273 e. The molecule has 8 heteroatoms. The Bertz CT molecular complexity index is 862. The molecule has 140 valence electrons. The molecule has 0 spiro atoms. The van der Waals surface area contributed by atoms with E-state index in [1.807, 2.05) is 0 Å². The van der Waals surface area contributed by atoms with Gasteiger partial charge in [0.1, 0.15) is 0 Å². The van der Waals surface area contributed by atoms with Crippen LogP contribution in [0.15, 0.2) is 48.5 Å². The van der Waals surface area contributed by atoms with Crippen LogP contribution in [0.1, 0.15) is 15.9 Å². The fourth-order valence-electron chi connectivity index (χ4n) is 2.92. The molecule has 0 radical (unpaired) electrons. The first-order chi connectivity index (χ1) is 13.1. The van der Waals surface area contributed by atoms with Gasteiger partial charge in [-0.2, -0.15) is 0 Å². The van der Waals surface area contributed by atoms with Gasteiger partial charge in [-0.05, 0) is 12.1 Å². The largest absolute Gasteiger partial charge is 0.378 e. The Kier molecular flexibility index (Phi) is 5.77. The summed E-state index contributed by atoms with van der Waals surface area (Å²) in [5.41, 5.74) is 0.982. The minimum absolute atomic E-state index is 0.106. The number of anilines is 1. The van der Waals surface area contributed by atoms with E-state index in [4.69, 9.17) is 4.74 Å². The van der Waals surface area contributed by atoms with Gasteiger partial charge in [0.05, 0.1) is 35.8 Å². The van der Waals surface area contributed by atoms with Crippen LogP contribution >= 0.6 is 0 Å². The van der Waals surface area contributed by atoms with Gasteiger partial charge in [-0.1, -0.05) is 30.3 Å². The van der Waals surface area contributed by atoms with E-state index in [1.165, 1.54) is 6.07 Å². The molecule has 0 unspecified atom stereocenters. The van der Waals surface area contributed by atoms with Gasteiger partial charge in [-0.3, -0.25) is 19.7 Å². The average Bonchev–Trinajstić information content (AvgIpc) is 2.69. The second kappa shape index (κ2) is 8.41. The standard InChI is InChI=1S/C19H19N3O5/c23-18(13-14-5-1-4-8-17(14)22(25)26)20-16-7-3-2-6-15(16)19(24)21-9-11-27-12-10-21/h1-8H,9-13H2,(H,20,23). The molecule has 3 rings (SSSR count). The molecule has 0 bridgehead atoms. The second-order valence-corrected chi connectivity index (χ2v) is 6.06. The number of morpholine rings is 1. The van der Waals surface area contributed by atoms with Crippen LogP contribution in [-0.2, 0) is 16.0 Å². The predicted octanol–water partition coefficient (Wildman–Crippen LogP) is 2.25. The lowest BCUT2D eigenvalue weighted by molar-refractivity contribution is -0.385. The van der Waals surface area contributed by atoms with Gasteiger partial charge in [0, 0.05) is 24.7 Å². The second-order valence-electron chi connectivity index (χ2n) is 6.06. The van der Waals surface area contributed by atoms with Gasteiger partial charge >= 0.3 is 0 Å². The monoisotopic (exact) mass is 369 g/mol. The molecular weight excluding hydrogens is 350 g/mol. The highest BCUT2D eigenvalue weighted by Crippen LogP contribution is 2.21. The van der Waals surface area contributed by atoms with E-state index in [-0.39, 0.29) is 18.0 Å². The minimum atomic E-state index is -0.515. The number of carbonyl (C=O) groups is 2. The fraction of sp³-hybridized carbons (Fsp3) is 0.263. The van der Waals surface area contributed by atoms with Crippen LogP contribution in [0.2, 0.25) is 0 Å². The molecule has 27 heavy (non-hydrogen) atoms. The Hall–Kier alpha value is -3.26. The number of amides is 2. The first kappa shape index (κ1) is 18.5. The molecule has 2 aromatic carbocycles. The van der Waals surface area contributed by atoms with Crippen molar-refractivity contribution in [3.05, 3.63) is 69.8 Å². The van der Waals surface area contributed by atoms with Crippen LogP contribution in [0, 0.1) is 10.1 Å². The Balaban J connectivity index is 1.75. The SMILES string of the molecule is O=C(Cc1ccccc1[N+](=O)[O-])Nc1ccccc1C(=O)N1CCOCC1. The Labute approximate surface area is 155 Å². The first-order valence-corrected chi connectivity index (χ1v) is 8.54. The number of nitrogens with zero attached hydrogens (tertiary/aromatic N) is 2. The number of nitro benzene ring substituents is 1. The zero-order chi connectivity index (χ0) is 19.2. The van der Waals surface area contributed by atoms with E-state index in [0.717, 1.165) is 0 Å². The lowest BCUT2D eigenvalue weighted by atomic mass is 10.1. The molecule has 0 saturated carbocycles. The molecule has 1 saturated heterocycles. The van der Waals surface area contributed by atoms with Gasteiger partial charge in [0.25, 0.3) is 11.6 Å². The molecule has 1 aliphatic rings. The van der Waals surface area contributed by atoms with Crippen molar-refractivity contribution in [2.45, 2.75) is 6.42 Å². The van der Waals surface area contributed by atoms with Crippen molar-refractivity contribution in [2.24, 2.45) is 0 Å². The van der Waals surface area contributed by atoms with E-state index in [1.54, 1.807) is 47.4 Å². The molecule has 1 N–H and O–H groups in total. The van der Waals surface area contributed by atoms with Gasteiger partial charge in [0.2, 0.25) is 5.91 Å². The Morgan fingerprint density at radius 3 is 2.48 bits per heavy atom. The fourth-order valence-corrected chi connectivity index (χ4v) is 2.92. The quantitative estimate of drug-likeness (QED) is 0.643. The molecule has 1 heterocycles. The van der Waals surface area contributed by atoms with Gasteiger partial charge in [-0.25, -0.2) is 0 Å². The minimum Gasteiger partial charge on any atom is -0.378 e. The van der Waals surface area contributed by atoms with Crippen LogP contribution < -0.4 is 5.32 Å². The molecular formula is C19H19N3O5. The molecule has 1 aliphatic heterocycles. The molecule has 0 aliphatic carbocycles. The lowest BCUT2D eigenvalue weighted by Gasteiger charge is -2.27. The van der Waals surface area contributed by atoms with E-state index in [0.29, 0.717) is 43.1 Å². The predicted molar refractivity (Wildman–Crippen MR) is 98.6 cm³/mol. The van der Waals surface area contributed by atoms with Crippen molar-refractivity contribution in [2.75, 3.05) is 31.6 Å².